The molecule has 2 aromatic carbocycles. The van der Waals surface area contributed by atoms with Crippen molar-refractivity contribution in [2.75, 3.05) is 25.0 Å². The summed E-state index contributed by atoms with van der Waals surface area (Å²) in [5.74, 6) is -1.01. The quantitative estimate of drug-likeness (QED) is 0.319. The standard InChI is InChI=1S/C25H29N3O5/c1-15(2)13-19(26)25(32)28-14-21(29)33-12-6-11-27-20-10-5-9-18-22(20)24(31)17-8-4-3-7-16(17)23(18)30/h3-5,7-10,15,19,27H,6,11-14,26H2,1-2H3,(H,28,32)/t19-/m0/s1. The van der Waals surface area contributed by atoms with Gasteiger partial charge in [0.25, 0.3) is 0 Å². The van der Waals surface area contributed by atoms with Gasteiger partial charge in [-0.05, 0) is 24.8 Å². The number of rotatable bonds is 10. The molecule has 0 heterocycles. The molecular weight excluding hydrogens is 422 g/mol. The minimum Gasteiger partial charge on any atom is -0.464 e. The number of carbonyl (C=O) groups excluding carboxylic acids is 4. The summed E-state index contributed by atoms with van der Waals surface area (Å²) >= 11 is 0. The lowest BCUT2D eigenvalue weighted by molar-refractivity contribution is -0.144. The van der Waals surface area contributed by atoms with Crippen molar-refractivity contribution in [2.24, 2.45) is 11.7 Å². The molecule has 0 spiro atoms. The Morgan fingerprint density at radius 3 is 2.33 bits per heavy atom. The summed E-state index contributed by atoms with van der Waals surface area (Å²) < 4.78 is 5.13. The van der Waals surface area contributed by atoms with Crippen LogP contribution in [0.25, 0.3) is 0 Å². The number of nitrogens with one attached hydrogen (secondary N) is 2. The highest BCUT2D eigenvalue weighted by Gasteiger charge is 2.31. The van der Waals surface area contributed by atoms with Gasteiger partial charge in [0, 0.05) is 28.9 Å². The SMILES string of the molecule is CC(C)C[C@H](N)C(=O)NCC(=O)OCCCNc1cccc2c1C(=O)c1ccccc1C2=O. The molecule has 1 aliphatic rings. The molecule has 0 radical (unpaired) electrons. The third-order valence-electron chi connectivity index (χ3n) is 5.32. The number of benzene rings is 2. The van der Waals surface area contributed by atoms with Gasteiger partial charge in [-0.1, -0.05) is 50.2 Å². The summed E-state index contributed by atoms with van der Waals surface area (Å²) in [6, 6.07) is 11.3. The summed E-state index contributed by atoms with van der Waals surface area (Å²) in [6.45, 7) is 4.27. The van der Waals surface area contributed by atoms with E-state index < -0.39 is 12.0 Å². The van der Waals surface area contributed by atoms with Crippen molar-refractivity contribution in [1.82, 2.24) is 5.32 Å². The first-order chi connectivity index (χ1) is 15.8. The van der Waals surface area contributed by atoms with E-state index in [9.17, 15) is 19.2 Å². The summed E-state index contributed by atoms with van der Waals surface area (Å²) in [5.41, 5.74) is 7.89. The Labute approximate surface area is 192 Å². The fourth-order valence-electron chi connectivity index (χ4n) is 3.73. The molecule has 1 amide bonds. The van der Waals surface area contributed by atoms with E-state index >= 15 is 0 Å². The molecule has 3 rings (SSSR count). The minimum absolute atomic E-state index is 0.143. The van der Waals surface area contributed by atoms with E-state index in [0.29, 0.717) is 47.3 Å². The lowest BCUT2D eigenvalue weighted by Crippen LogP contribution is -2.43. The molecule has 0 bridgehead atoms. The predicted octanol–water partition coefficient (Wildman–Crippen LogP) is 2.30. The Morgan fingerprint density at radius 2 is 1.64 bits per heavy atom. The van der Waals surface area contributed by atoms with Crippen LogP contribution in [0.4, 0.5) is 5.69 Å². The van der Waals surface area contributed by atoms with Gasteiger partial charge in [0.05, 0.1) is 18.2 Å². The van der Waals surface area contributed by atoms with Crippen LogP contribution in [-0.2, 0) is 14.3 Å². The highest BCUT2D eigenvalue weighted by Crippen LogP contribution is 2.31. The third-order valence-corrected chi connectivity index (χ3v) is 5.32. The van der Waals surface area contributed by atoms with Gasteiger partial charge in [-0.3, -0.25) is 19.2 Å². The zero-order valence-corrected chi connectivity index (χ0v) is 18.9. The largest absolute Gasteiger partial charge is 0.464 e. The summed E-state index contributed by atoms with van der Waals surface area (Å²) in [4.78, 5) is 49.5. The second-order valence-corrected chi connectivity index (χ2v) is 8.39. The van der Waals surface area contributed by atoms with E-state index in [1.807, 2.05) is 13.8 Å². The van der Waals surface area contributed by atoms with Crippen LogP contribution in [0.15, 0.2) is 42.5 Å². The van der Waals surface area contributed by atoms with Gasteiger partial charge >= 0.3 is 5.97 Å². The zero-order valence-electron chi connectivity index (χ0n) is 18.9. The number of nitrogens with two attached hydrogens (primary N) is 1. The number of esters is 1. The molecule has 0 aromatic heterocycles. The van der Waals surface area contributed by atoms with Crippen LogP contribution >= 0.6 is 0 Å². The first-order valence-corrected chi connectivity index (χ1v) is 11.0. The van der Waals surface area contributed by atoms with E-state index in [4.69, 9.17) is 10.5 Å². The van der Waals surface area contributed by atoms with E-state index in [1.54, 1.807) is 42.5 Å². The summed E-state index contributed by atoms with van der Waals surface area (Å²) in [6.07, 6.45) is 1.02. The maximum absolute atomic E-state index is 13.0. The monoisotopic (exact) mass is 451 g/mol. The molecule has 2 aromatic rings. The molecule has 0 saturated carbocycles. The van der Waals surface area contributed by atoms with Crippen LogP contribution in [0.2, 0.25) is 0 Å². The average molecular weight is 452 g/mol. The maximum atomic E-state index is 13.0. The Kier molecular flexibility index (Phi) is 7.95. The normalized spacial score (nSPS) is 13.2. The van der Waals surface area contributed by atoms with Crippen LogP contribution in [0.5, 0.6) is 0 Å². The van der Waals surface area contributed by atoms with Gasteiger partial charge in [-0.25, -0.2) is 0 Å². The van der Waals surface area contributed by atoms with Crippen molar-refractivity contribution in [3.05, 3.63) is 64.7 Å². The van der Waals surface area contributed by atoms with Gasteiger partial charge in [-0.2, -0.15) is 0 Å². The third kappa shape index (κ3) is 5.84. The Bertz CT molecular complexity index is 1060. The van der Waals surface area contributed by atoms with Gasteiger partial charge in [0.1, 0.15) is 6.54 Å². The number of amides is 1. The van der Waals surface area contributed by atoms with E-state index in [1.165, 1.54) is 0 Å². The molecule has 4 N–H and O–H groups in total. The number of fused-ring (bicyclic) bond motifs is 2. The molecule has 8 heteroatoms. The fraction of sp³-hybridized carbons (Fsp3) is 0.360. The van der Waals surface area contributed by atoms with Crippen LogP contribution in [0, 0.1) is 5.92 Å². The van der Waals surface area contributed by atoms with Crippen LogP contribution in [-0.4, -0.2) is 49.2 Å². The Hall–Kier alpha value is -3.52. The highest BCUT2D eigenvalue weighted by molar-refractivity contribution is 6.30. The molecule has 0 fully saturated rings. The number of anilines is 1. The van der Waals surface area contributed by atoms with Crippen LogP contribution < -0.4 is 16.4 Å². The highest BCUT2D eigenvalue weighted by atomic mass is 16.5. The smallest absolute Gasteiger partial charge is 0.325 e. The van der Waals surface area contributed by atoms with Gasteiger partial charge in [0.2, 0.25) is 5.91 Å². The number of hydrogen-bond acceptors (Lipinski definition) is 7. The molecule has 33 heavy (non-hydrogen) atoms. The first kappa shape index (κ1) is 24.1. The number of hydrogen-bond donors (Lipinski definition) is 3. The van der Waals surface area contributed by atoms with Crippen molar-refractivity contribution in [1.29, 1.82) is 0 Å². The Balaban J connectivity index is 1.47. The lowest BCUT2D eigenvalue weighted by atomic mass is 9.83. The van der Waals surface area contributed by atoms with Crippen molar-refractivity contribution in [3.8, 4) is 0 Å². The lowest BCUT2D eigenvalue weighted by Gasteiger charge is -2.20. The maximum Gasteiger partial charge on any atom is 0.325 e. The number of carbonyl (C=O) groups is 4. The Morgan fingerprint density at radius 1 is 0.970 bits per heavy atom. The minimum atomic E-state index is -0.652. The van der Waals surface area contributed by atoms with Crippen molar-refractivity contribution >= 4 is 29.1 Å². The average Bonchev–Trinajstić information content (AvgIpc) is 2.80. The predicted molar refractivity (Wildman–Crippen MR) is 124 cm³/mol. The molecule has 174 valence electrons. The molecule has 1 aliphatic carbocycles. The second-order valence-electron chi connectivity index (χ2n) is 8.39. The zero-order chi connectivity index (χ0) is 24.0. The molecule has 0 saturated heterocycles. The fourth-order valence-corrected chi connectivity index (χ4v) is 3.73. The van der Waals surface area contributed by atoms with Crippen molar-refractivity contribution < 1.29 is 23.9 Å². The number of ketones is 2. The second kappa shape index (κ2) is 10.9. The van der Waals surface area contributed by atoms with Crippen molar-refractivity contribution in [3.63, 3.8) is 0 Å². The molecule has 1 atom stereocenters. The van der Waals surface area contributed by atoms with Gasteiger partial charge in [0.15, 0.2) is 11.6 Å². The van der Waals surface area contributed by atoms with E-state index in [-0.39, 0.29) is 36.5 Å². The van der Waals surface area contributed by atoms with Gasteiger partial charge in [-0.15, -0.1) is 0 Å². The van der Waals surface area contributed by atoms with Gasteiger partial charge < -0.3 is 21.1 Å². The molecule has 0 unspecified atom stereocenters. The van der Waals surface area contributed by atoms with E-state index in [2.05, 4.69) is 10.6 Å². The topological polar surface area (TPSA) is 128 Å². The summed E-state index contributed by atoms with van der Waals surface area (Å²) in [5, 5.41) is 5.64. The number of ether oxygens (including phenoxy) is 1. The van der Waals surface area contributed by atoms with Crippen molar-refractivity contribution in [2.45, 2.75) is 32.7 Å². The first-order valence-electron chi connectivity index (χ1n) is 11.0. The summed E-state index contributed by atoms with van der Waals surface area (Å²) in [7, 11) is 0. The van der Waals surface area contributed by atoms with E-state index in [0.717, 1.165) is 0 Å². The van der Waals surface area contributed by atoms with Crippen LogP contribution in [0.3, 0.4) is 0 Å². The molecular formula is C25H29N3O5. The molecule has 8 nitrogen and oxygen atoms in total. The molecule has 0 aliphatic heterocycles. The van der Waals surface area contributed by atoms with Crippen LogP contribution in [0.1, 0.15) is 58.5 Å².